The van der Waals surface area contributed by atoms with Gasteiger partial charge < -0.3 is 9.80 Å². The van der Waals surface area contributed by atoms with E-state index < -0.39 is 23.2 Å². The second kappa shape index (κ2) is 9.87. The lowest BCUT2D eigenvalue weighted by Crippen LogP contribution is -2.55. The van der Waals surface area contributed by atoms with Gasteiger partial charge in [0.2, 0.25) is 16.7 Å². The van der Waals surface area contributed by atoms with Crippen LogP contribution in [0.25, 0.3) is 11.3 Å². The van der Waals surface area contributed by atoms with Crippen LogP contribution in [0.15, 0.2) is 12.4 Å². The van der Waals surface area contributed by atoms with Gasteiger partial charge in [-0.25, -0.2) is 24.6 Å². The predicted octanol–water partition coefficient (Wildman–Crippen LogP) is 3.97. The van der Waals surface area contributed by atoms with Crippen molar-refractivity contribution in [1.29, 1.82) is 0 Å². The number of hydrogen-bond acceptors (Lipinski definition) is 8. The predicted molar refractivity (Wildman–Crippen MR) is 121 cm³/mol. The number of alkyl halides is 6. The highest BCUT2D eigenvalue weighted by Gasteiger charge is 2.39. The molecule has 0 saturated carbocycles. The molecule has 1 fully saturated rings. The van der Waals surface area contributed by atoms with Crippen molar-refractivity contribution in [2.45, 2.75) is 52.1 Å². The zero-order chi connectivity index (χ0) is 27.1. The molecule has 3 aromatic heterocycles. The summed E-state index contributed by atoms with van der Waals surface area (Å²) in [7, 11) is 0. The van der Waals surface area contributed by atoms with Crippen molar-refractivity contribution in [3.05, 3.63) is 34.9 Å². The highest BCUT2D eigenvalue weighted by atomic mass is 32.1. The lowest BCUT2D eigenvalue weighted by atomic mass is 10.1. The zero-order valence-electron chi connectivity index (χ0n) is 19.9. The molecule has 0 aromatic carbocycles. The summed E-state index contributed by atoms with van der Waals surface area (Å²) in [4.78, 5) is 30.8. The van der Waals surface area contributed by atoms with E-state index in [1.165, 1.54) is 4.68 Å². The van der Waals surface area contributed by atoms with Crippen LogP contribution in [-0.2, 0) is 23.7 Å². The maximum atomic E-state index is 13.5. The second-order valence-corrected chi connectivity index (χ2v) is 9.40. The van der Waals surface area contributed by atoms with Crippen LogP contribution >= 0.6 is 11.3 Å². The van der Waals surface area contributed by atoms with Crippen molar-refractivity contribution in [3.8, 4) is 11.3 Å². The minimum atomic E-state index is -4.79. The Morgan fingerprint density at radius 2 is 1.73 bits per heavy atom. The maximum absolute atomic E-state index is 13.5. The van der Waals surface area contributed by atoms with Crippen molar-refractivity contribution in [2.75, 3.05) is 24.5 Å². The quantitative estimate of drug-likeness (QED) is 0.446. The van der Waals surface area contributed by atoms with Crippen LogP contribution in [0.2, 0.25) is 0 Å². The Morgan fingerprint density at radius 3 is 2.27 bits per heavy atom. The molecule has 1 amide bonds. The molecule has 1 atom stereocenters. The van der Waals surface area contributed by atoms with Crippen LogP contribution in [0.5, 0.6) is 0 Å². The van der Waals surface area contributed by atoms with Crippen LogP contribution in [0.4, 0.5) is 31.3 Å². The number of carbonyl (C=O) groups is 1. The largest absolute Gasteiger partial charge is 0.451 e. The Kier molecular flexibility index (Phi) is 7.14. The molecule has 1 aliphatic heterocycles. The molecule has 0 aliphatic carbocycles. The number of aryl methyl sites for hydroxylation is 2. The summed E-state index contributed by atoms with van der Waals surface area (Å²) in [6, 6.07) is -0.320. The van der Waals surface area contributed by atoms with E-state index in [1.54, 1.807) is 23.6 Å². The smallest absolute Gasteiger partial charge is 0.358 e. The molecular formula is C21H22F6N8OS. The molecule has 37 heavy (non-hydrogen) atoms. The van der Waals surface area contributed by atoms with E-state index in [2.05, 4.69) is 25.0 Å². The molecule has 9 nitrogen and oxygen atoms in total. The van der Waals surface area contributed by atoms with Gasteiger partial charge in [0, 0.05) is 43.6 Å². The standard InChI is InChI=1S/C21H22F6N8OS/c1-4-14-9-33(5-6-34(14)15(36)10-35-12(3)30-11(2)32-35)17-16(31-19(37-17)21(25,26)27)13-7-28-18(29-8-13)20(22,23)24/h7-8,14H,4-6,9-10H2,1-3H3/t14-/m1/s1. The summed E-state index contributed by atoms with van der Waals surface area (Å²) in [5.74, 6) is -0.478. The average molecular weight is 549 g/mol. The molecule has 0 bridgehead atoms. The number of thiazole rings is 1. The third-order valence-electron chi connectivity index (χ3n) is 5.84. The molecule has 4 rings (SSSR count). The van der Waals surface area contributed by atoms with Gasteiger partial charge in [0.15, 0.2) is 0 Å². The molecule has 4 heterocycles. The van der Waals surface area contributed by atoms with Crippen molar-refractivity contribution in [2.24, 2.45) is 0 Å². The summed E-state index contributed by atoms with van der Waals surface area (Å²) in [5, 5.41) is 3.19. The minimum Gasteiger partial charge on any atom is -0.358 e. The van der Waals surface area contributed by atoms with Crippen LogP contribution in [0, 0.1) is 13.8 Å². The van der Waals surface area contributed by atoms with Gasteiger partial charge in [-0.3, -0.25) is 4.79 Å². The number of rotatable bonds is 5. The first kappa shape index (κ1) is 26.8. The lowest BCUT2D eigenvalue weighted by molar-refractivity contribution is -0.145. The summed E-state index contributed by atoms with van der Waals surface area (Å²) < 4.78 is 80.6. The Balaban J connectivity index is 1.60. The van der Waals surface area contributed by atoms with Crippen LogP contribution in [-0.4, -0.2) is 66.2 Å². The molecule has 0 spiro atoms. The molecule has 1 saturated heterocycles. The summed E-state index contributed by atoms with van der Waals surface area (Å²) in [5.41, 5.74) is -0.229. The number of nitrogens with zero attached hydrogens (tertiary/aromatic N) is 8. The van der Waals surface area contributed by atoms with Gasteiger partial charge in [0.25, 0.3) is 0 Å². The van der Waals surface area contributed by atoms with Gasteiger partial charge in [0.1, 0.15) is 28.9 Å². The van der Waals surface area contributed by atoms with Gasteiger partial charge in [-0.05, 0) is 20.3 Å². The van der Waals surface area contributed by atoms with Crippen LogP contribution in [0.1, 0.15) is 35.8 Å². The van der Waals surface area contributed by atoms with Crippen LogP contribution < -0.4 is 4.90 Å². The number of amides is 1. The topological polar surface area (TPSA) is 92.9 Å². The van der Waals surface area contributed by atoms with Crippen LogP contribution in [0.3, 0.4) is 0 Å². The van der Waals surface area contributed by atoms with Gasteiger partial charge in [0.05, 0.1) is 0 Å². The number of anilines is 1. The third-order valence-corrected chi connectivity index (χ3v) is 7.00. The number of halogens is 6. The molecular weight excluding hydrogens is 526 g/mol. The number of hydrogen-bond donors (Lipinski definition) is 0. The SMILES string of the molecule is CC[C@@H]1CN(c2sc(C(F)(F)F)nc2-c2cnc(C(F)(F)F)nc2)CCN1C(=O)Cn1nc(C)nc1C. The molecule has 16 heteroatoms. The van der Waals surface area contributed by atoms with E-state index in [1.807, 2.05) is 6.92 Å². The fourth-order valence-electron chi connectivity index (χ4n) is 4.08. The molecule has 3 aromatic rings. The highest BCUT2D eigenvalue weighted by molar-refractivity contribution is 7.16. The fourth-order valence-corrected chi connectivity index (χ4v) is 5.07. The summed E-state index contributed by atoms with van der Waals surface area (Å²) >= 11 is 0.393. The fraction of sp³-hybridized carbons (Fsp3) is 0.524. The Hall–Kier alpha value is -3.30. The Morgan fingerprint density at radius 1 is 1.05 bits per heavy atom. The van der Waals surface area contributed by atoms with E-state index in [9.17, 15) is 31.1 Å². The number of aromatic nitrogens is 6. The van der Waals surface area contributed by atoms with E-state index >= 15 is 0 Å². The first-order valence-electron chi connectivity index (χ1n) is 11.2. The van der Waals surface area contributed by atoms with Gasteiger partial charge in [-0.1, -0.05) is 18.3 Å². The summed E-state index contributed by atoms with van der Waals surface area (Å²) in [6.07, 6.45) is -7.38. The lowest BCUT2D eigenvalue weighted by Gasteiger charge is -2.42. The van der Waals surface area contributed by atoms with E-state index in [0.717, 1.165) is 12.4 Å². The van der Waals surface area contributed by atoms with Crippen molar-refractivity contribution < 1.29 is 31.1 Å². The zero-order valence-corrected chi connectivity index (χ0v) is 20.7. The number of carbonyl (C=O) groups excluding carboxylic acids is 1. The van der Waals surface area contributed by atoms with Crippen molar-refractivity contribution in [3.63, 3.8) is 0 Å². The molecule has 1 aliphatic rings. The molecule has 0 radical (unpaired) electrons. The minimum absolute atomic E-state index is 0.0178. The highest BCUT2D eigenvalue weighted by Crippen LogP contribution is 2.43. The monoisotopic (exact) mass is 548 g/mol. The van der Waals surface area contributed by atoms with E-state index in [0.29, 0.717) is 29.4 Å². The molecule has 0 N–H and O–H groups in total. The number of piperazine rings is 1. The first-order chi connectivity index (χ1) is 17.3. The normalized spacial score (nSPS) is 16.9. The third kappa shape index (κ3) is 5.67. The molecule has 0 unspecified atom stereocenters. The van der Waals surface area contributed by atoms with Gasteiger partial charge >= 0.3 is 12.4 Å². The van der Waals surface area contributed by atoms with Crippen molar-refractivity contribution in [1.82, 2.24) is 34.6 Å². The van der Waals surface area contributed by atoms with Gasteiger partial charge in [-0.2, -0.15) is 31.4 Å². The Bertz CT molecular complexity index is 1270. The Labute approximate surface area is 211 Å². The average Bonchev–Trinajstić information content (AvgIpc) is 3.41. The maximum Gasteiger partial charge on any atom is 0.451 e. The second-order valence-electron chi connectivity index (χ2n) is 8.42. The van der Waals surface area contributed by atoms with E-state index in [-0.39, 0.29) is 54.4 Å². The summed E-state index contributed by atoms with van der Waals surface area (Å²) in [6.45, 7) is 5.93. The van der Waals surface area contributed by atoms with E-state index in [4.69, 9.17) is 0 Å². The first-order valence-corrected chi connectivity index (χ1v) is 12.0. The van der Waals surface area contributed by atoms with Crippen molar-refractivity contribution >= 4 is 22.2 Å². The molecule has 200 valence electrons. The van der Waals surface area contributed by atoms with Gasteiger partial charge in [-0.15, -0.1) is 0 Å².